The lowest BCUT2D eigenvalue weighted by Gasteiger charge is -2.31. The standard InChI is InChI=1S/C12H16ClNO3S/c1-8-2-3-10(13)6-12(8)18(16,17)14-7-9-4-11(15)5-9/h2-3,6,9,11,14-15H,4-5,7H2,1H3. The van der Waals surface area contributed by atoms with Crippen LogP contribution >= 0.6 is 11.6 Å². The van der Waals surface area contributed by atoms with Crippen molar-refractivity contribution in [3.05, 3.63) is 28.8 Å². The minimum atomic E-state index is -3.52. The van der Waals surface area contributed by atoms with Crippen molar-refractivity contribution in [1.29, 1.82) is 0 Å². The molecule has 18 heavy (non-hydrogen) atoms. The third-order valence-electron chi connectivity index (χ3n) is 3.21. The Bertz CT molecular complexity index is 538. The summed E-state index contributed by atoms with van der Waals surface area (Å²) in [4.78, 5) is 0.217. The summed E-state index contributed by atoms with van der Waals surface area (Å²) < 4.78 is 26.8. The summed E-state index contributed by atoms with van der Waals surface area (Å²) >= 11 is 5.82. The Labute approximate surface area is 112 Å². The van der Waals surface area contributed by atoms with Crippen LogP contribution in [0.3, 0.4) is 0 Å². The molecule has 4 nitrogen and oxygen atoms in total. The van der Waals surface area contributed by atoms with E-state index in [0.717, 1.165) is 0 Å². The van der Waals surface area contributed by atoms with E-state index in [4.69, 9.17) is 16.7 Å². The van der Waals surface area contributed by atoms with Crippen LogP contribution in [0.1, 0.15) is 18.4 Å². The van der Waals surface area contributed by atoms with Crippen molar-refractivity contribution in [1.82, 2.24) is 4.72 Å². The lowest BCUT2D eigenvalue weighted by Crippen LogP contribution is -2.38. The van der Waals surface area contributed by atoms with Crippen molar-refractivity contribution in [2.75, 3.05) is 6.54 Å². The molecule has 0 bridgehead atoms. The van der Waals surface area contributed by atoms with E-state index < -0.39 is 10.0 Å². The first-order chi connectivity index (χ1) is 8.38. The van der Waals surface area contributed by atoms with E-state index in [1.54, 1.807) is 19.1 Å². The van der Waals surface area contributed by atoms with Gasteiger partial charge in [-0.2, -0.15) is 0 Å². The van der Waals surface area contributed by atoms with E-state index in [1.807, 2.05) is 0 Å². The van der Waals surface area contributed by atoms with Crippen molar-refractivity contribution < 1.29 is 13.5 Å². The van der Waals surface area contributed by atoms with Crippen LogP contribution < -0.4 is 4.72 Å². The molecule has 0 aliphatic heterocycles. The predicted molar refractivity (Wildman–Crippen MR) is 70.1 cm³/mol. The monoisotopic (exact) mass is 289 g/mol. The van der Waals surface area contributed by atoms with Crippen LogP contribution in [0.2, 0.25) is 5.02 Å². The molecule has 1 aliphatic carbocycles. The Morgan fingerprint density at radius 1 is 1.44 bits per heavy atom. The van der Waals surface area contributed by atoms with E-state index in [0.29, 0.717) is 30.0 Å². The summed E-state index contributed by atoms with van der Waals surface area (Å²) in [6, 6.07) is 4.80. The Morgan fingerprint density at radius 3 is 2.72 bits per heavy atom. The van der Waals surface area contributed by atoms with Crippen LogP contribution in [-0.2, 0) is 10.0 Å². The fourth-order valence-electron chi connectivity index (χ4n) is 2.04. The van der Waals surface area contributed by atoms with Crippen LogP contribution in [0.25, 0.3) is 0 Å². The average Bonchev–Trinajstić information content (AvgIpc) is 2.26. The number of aliphatic hydroxyl groups excluding tert-OH is 1. The average molecular weight is 290 g/mol. The Kier molecular flexibility index (Phi) is 3.96. The molecule has 2 N–H and O–H groups in total. The van der Waals surface area contributed by atoms with Gasteiger partial charge in [-0.3, -0.25) is 0 Å². The summed E-state index contributed by atoms with van der Waals surface area (Å²) in [5, 5.41) is 9.55. The van der Waals surface area contributed by atoms with Gasteiger partial charge in [-0.25, -0.2) is 13.1 Å². The molecule has 0 spiro atoms. The molecular weight excluding hydrogens is 274 g/mol. The number of hydrogen-bond donors (Lipinski definition) is 2. The van der Waals surface area contributed by atoms with Crippen molar-refractivity contribution in [3.63, 3.8) is 0 Å². The number of aryl methyl sites for hydroxylation is 1. The molecule has 1 aromatic carbocycles. The van der Waals surface area contributed by atoms with Crippen LogP contribution in [-0.4, -0.2) is 26.2 Å². The van der Waals surface area contributed by atoms with E-state index in [2.05, 4.69) is 4.72 Å². The van der Waals surface area contributed by atoms with Gasteiger partial charge in [0.25, 0.3) is 0 Å². The molecular formula is C12H16ClNO3S. The van der Waals surface area contributed by atoms with Crippen molar-refractivity contribution >= 4 is 21.6 Å². The second kappa shape index (κ2) is 5.17. The second-order valence-corrected chi connectivity index (χ2v) is 6.92. The molecule has 1 fully saturated rings. The van der Waals surface area contributed by atoms with E-state index in [-0.39, 0.29) is 16.9 Å². The highest BCUT2D eigenvalue weighted by Crippen LogP contribution is 2.27. The highest BCUT2D eigenvalue weighted by molar-refractivity contribution is 7.89. The van der Waals surface area contributed by atoms with Crippen molar-refractivity contribution in [2.24, 2.45) is 5.92 Å². The van der Waals surface area contributed by atoms with Gasteiger partial charge in [0.1, 0.15) is 0 Å². The van der Waals surface area contributed by atoms with Crippen LogP contribution in [0.15, 0.2) is 23.1 Å². The summed E-state index contributed by atoms with van der Waals surface area (Å²) in [5.74, 6) is 0.231. The van der Waals surface area contributed by atoms with Crippen LogP contribution in [0.5, 0.6) is 0 Å². The molecule has 1 saturated carbocycles. The molecule has 0 heterocycles. The van der Waals surface area contributed by atoms with Gasteiger partial charge in [0.05, 0.1) is 11.0 Å². The third kappa shape index (κ3) is 3.03. The maximum absolute atomic E-state index is 12.1. The van der Waals surface area contributed by atoms with Gasteiger partial charge in [0.15, 0.2) is 0 Å². The molecule has 1 aliphatic rings. The van der Waals surface area contributed by atoms with Crippen molar-refractivity contribution in [3.8, 4) is 0 Å². The fraction of sp³-hybridized carbons (Fsp3) is 0.500. The first kappa shape index (κ1) is 13.8. The highest BCUT2D eigenvalue weighted by Gasteiger charge is 2.28. The number of benzene rings is 1. The summed E-state index contributed by atoms with van der Waals surface area (Å²) in [5.41, 5.74) is 0.667. The zero-order valence-corrected chi connectivity index (χ0v) is 11.6. The van der Waals surface area contributed by atoms with Crippen LogP contribution in [0.4, 0.5) is 0 Å². The molecule has 6 heteroatoms. The maximum atomic E-state index is 12.1. The molecule has 0 unspecified atom stereocenters. The number of nitrogens with one attached hydrogen (secondary N) is 1. The Morgan fingerprint density at radius 2 is 2.11 bits per heavy atom. The fourth-order valence-corrected chi connectivity index (χ4v) is 3.66. The molecule has 0 radical (unpaired) electrons. The summed E-state index contributed by atoms with van der Waals surface area (Å²) in [7, 11) is -3.52. The lowest BCUT2D eigenvalue weighted by atomic mass is 9.83. The SMILES string of the molecule is Cc1ccc(Cl)cc1S(=O)(=O)NCC1CC(O)C1. The third-order valence-corrected chi connectivity index (χ3v) is 5.01. The highest BCUT2D eigenvalue weighted by atomic mass is 35.5. The van der Waals surface area contributed by atoms with Gasteiger partial charge in [-0.05, 0) is 43.4 Å². The van der Waals surface area contributed by atoms with E-state index in [9.17, 15) is 8.42 Å². The normalized spacial score (nSPS) is 23.7. The number of rotatable bonds is 4. The van der Waals surface area contributed by atoms with Crippen molar-refractivity contribution in [2.45, 2.75) is 30.8 Å². The van der Waals surface area contributed by atoms with E-state index in [1.165, 1.54) is 6.07 Å². The molecule has 2 rings (SSSR count). The number of hydrogen-bond acceptors (Lipinski definition) is 3. The van der Waals surface area contributed by atoms with Gasteiger partial charge in [-0.15, -0.1) is 0 Å². The minimum absolute atomic E-state index is 0.217. The van der Waals surface area contributed by atoms with Gasteiger partial charge >= 0.3 is 0 Å². The largest absolute Gasteiger partial charge is 0.393 e. The molecule has 100 valence electrons. The molecule has 0 atom stereocenters. The zero-order valence-electron chi connectivity index (χ0n) is 10.1. The quantitative estimate of drug-likeness (QED) is 0.886. The first-order valence-corrected chi connectivity index (χ1v) is 7.68. The summed E-state index contributed by atoms with van der Waals surface area (Å²) in [6.07, 6.45) is 1.06. The predicted octanol–water partition coefficient (Wildman–Crippen LogP) is 1.70. The summed E-state index contributed by atoms with van der Waals surface area (Å²) in [6.45, 7) is 2.10. The second-order valence-electron chi connectivity index (χ2n) is 4.75. The lowest BCUT2D eigenvalue weighted by molar-refractivity contribution is 0.0453. The topological polar surface area (TPSA) is 66.4 Å². The maximum Gasteiger partial charge on any atom is 0.240 e. The number of aliphatic hydroxyl groups is 1. The number of sulfonamides is 1. The van der Waals surface area contributed by atoms with Gasteiger partial charge in [-0.1, -0.05) is 17.7 Å². The molecule has 0 amide bonds. The molecule has 0 saturated heterocycles. The Balaban J connectivity index is 2.08. The van der Waals surface area contributed by atoms with Gasteiger partial charge in [0.2, 0.25) is 10.0 Å². The molecule has 0 aromatic heterocycles. The number of halogens is 1. The smallest absolute Gasteiger partial charge is 0.240 e. The van der Waals surface area contributed by atoms with Gasteiger partial charge in [0, 0.05) is 11.6 Å². The minimum Gasteiger partial charge on any atom is -0.393 e. The zero-order chi connectivity index (χ0) is 13.3. The van der Waals surface area contributed by atoms with Crippen LogP contribution in [0, 0.1) is 12.8 Å². The Hall–Kier alpha value is -0.620. The van der Waals surface area contributed by atoms with E-state index >= 15 is 0 Å². The first-order valence-electron chi connectivity index (χ1n) is 5.82. The van der Waals surface area contributed by atoms with Gasteiger partial charge < -0.3 is 5.11 Å². The molecule has 1 aromatic rings.